The fourth-order valence-electron chi connectivity index (χ4n) is 2.80. The molecule has 27 heavy (non-hydrogen) atoms. The van der Waals surface area contributed by atoms with Gasteiger partial charge in [-0.25, -0.2) is 4.79 Å². The van der Waals surface area contributed by atoms with Gasteiger partial charge in [-0.05, 0) is 39.2 Å². The molecule has 0 aliphatic carbocycles. The zero-order chi connectivity index (χ0) is 20.0. The molecule has 1 saturated heterocycles. The van der Waals surface area contributed by atoms with Gasteiger partial charge in [0.05, 0.1) is 4.92 Å². The number of benzene rings is 1. The molecular weight excluding hydrogens is 354 g/mol. The Morgan fingerprint density at radius 3 is 2.48 bits per heavy atom. The van der Waals surface area contributed by atoms with Crippen LogP contribution in [0.3, 0.4) is 0 Å². The number of nitrogens with one attached hydrogen (secondary N) is 1. The first kappa shape index (κ1) is 20.3. The van der Waals surface area contributed by atoms with Crippen molar-refractivity contribution in [2.24, 2.45) is 0 Å². The maximum absolute atomic E-state index is 12.3. The van der Waals surface area contributed by atoms with Gasteiger partial charge in [0.2, 0.25) is 0 Å². The Hall–Kier alpha value is -2.97. The van der Waals surface area contributed by atoms with E-state index >= 15 is 0 Å². The number of esters is 1. The molecular formula is C18H23N3O6. The number of non-ortho nitro benzene ring substituents is 1. The second-order valence-electron chi connectivity index (χ2n) is 6.47. The van der Waals surface area contributed by atoms with Gasteiger partial charge in [0.15, 0.2) is 6.10 Å². The third-order valence-corrected chi connectivity index (χ3v) is 4.33. The summed E-state index contributed by atoms with van der Waals surface area (Å²) in [6, 6.07) is 4.17. The molecule has 0 aromatic heterocycles. The molecule has 1 heterocycles. The van der Waals surface area contributed by atoms with E-state index in [2.05, 4.69) is 5.32 Å². The molecule has 2 atom stereocenters. The van der Waals surface area contributed by atoms with Gasteiger partial charge >= 0.3 is 5.97 Å². The van der Waals surface area contributed by atoms with Gasteiger partial charge in [0.25, 0.3) is 17.5 Å². The van der Waals surface area contributed by atoms with Crippen LogP contribution in [-0.2, 0) is 14.3 Å². The number of nitrogens with zero attached hydrogens (tertiary/aromatic N) is 2. The molecule has 1 aromatic rings. The van der Waals surface area contributed by atoms with Crippen LogP contribution in [0.1, 0.15) is 43.5 Å². The third kappa shape index (κ3) is 5.50. The quantitative estimate of drug-likeness (QED) is 0.457. The van der Waals surface area contributed by atoms with Crippen LogP contribution in [0.15, 0.2) is 24.3 Å². The van der Waals surface area contributed by atoms with Crippen molar-refractivity contribution in [2.45, 2.75) is 45.3 Å². The van der Waals surface area contributed by atoms with E-state index in [0.29, 0.717) is 13.1 Å². The molecule has 1 N–H and O–H groups in total. The van der Waals surface area contributed by atoms with Crippen molar-refractivity contribution in [3.8, 4) is 0 Å². The number of carbonyl (C=O) groups is 3. The Balaban J connectivity index is 1.90. The van der Waals surface area contributed by atoms with E-state index in [4.69, 9.17) is 4.74 Å². The first-order chi connectivity index (χ1) is 12.8. The lowest BCUT2D eigenvalue weighted by Crippen LogP contribution is -2.46. The molecule has 0 saturated carbocycles. The van der Waals surface area contributed by atoms with Crippen molar-refractivity contribution in [3.05, 3.63) is 39.9 Å². The Morgan fingerprint density at radius 1 is 1.19 bits per heavy atom. The van der Waals surface area contributed by atoms with Crippen molar-refractivity contribution in [3.63, 3.8) is 0 Å². The number of amides is 2. The minimum atomic E-state index is -1.01. The SMILES string of the molecule is CC(NC(=O)c1cccc([N+](=O)[O-])c1)C(=O)OC(C)C(=O)N1CCCCC1. The van der Waals surface area contributed by atoms with Crippen LogP contribution in [-0.4, -0.2) is 52.8 Å². The lowest BCUT2D eigenvalue weighted by molar-refractivity contribution is -0.384. The zero-order valence-corrected chi connectivity index (χ0v) is 15.3. The molecule has 1 aliphatic rings. The summed E-state index contributed by atoms with van der Waals surface area (Å²) in [5.74, 6) is -1.63. The van der Waals surface area contributed by atoms with Gasteiger partial charge < -0.3 is 15.0 Å². The number of carbonyl (C=O) groups excluding carboxylic acids is 3. The molecule has 1 fully saturated rings. The summed E-state index contributed by atoms with van der Waals surface area (Å²) in [5, 5.41) is 13.2. The fraction of sp³-hybridized carbons (Fsp3) is 0.500. The average molecular weight is 377 g/mol. The number of nitro benzene ring substituents is 1. The normalized spacial score (nSPS) is 16.1. The second kappa shape index (κ2) is 9.11. The molecule has 0 bridgehead atoms. The lowest BCUT2D eigenvalue weighted by Gasteiger charge is -2.29. The molecule has 146 valence electrons. The van der Waals surface area contributed by atoms with Crippen LogP contribution in [0.5, 0.6) is 0 Å². The molecule has 0 spiro atoms. The van der Waals surface area contributed by atoms with Crippen molar-refractivity contribution in [1.82, 2.24) is 10.2 Å². The summed E-state index contributed by atoms with van der Waals surface area (Å²) in [6.07, 6.45) is 2.01. The van der Waals surface area contributed by atoms with E-state index in [1.165, 1.54) is 32.0 Å². The number of rotatable bonds is 6. The minimum Gasteiger partial charge on any atom is -0.451 e. The average Bonchev–Trinajstić information content (AvgIpc) is 2.67. The highest BCUT2D eigenvalue weighted by molar-refractivity contribution is 5.97. The lowest BCUT2D eigenvalue weighted by atomic mass is 10.1. The van der Waals surface area contributed by atoms with Crippen LogP contribution < -0.4 is 5.32 Å². The molecule has 2 amide bonds. The first-order valence-electron chi connectivity index (χ1n) is 8.84. The smallest absolute Gasteiger partial charge is 0.329 e. The van der Waals surface area contributed by atoms with Crippen LogP contribution in [0.4, 0.5) is 5.69 Å². The standard InChI is InChI=1S/C18H23N3O6/c1-12(19-16(22)14-7-6-8-15(11-14)21(25)26)18(24)27-13(2)17(23)20-9-4-3-5-10-20/h6-8,11-13H,3-5,9-10H2,1-2H3,(H,19,22). The van der Waals surface area contributed by atoms with Crippen molar-refractivity contribution < 1.29 is 24.0 Å². The number of hydrogen-bond acceptors (Lipinski definition) is 6. The van der Waals surface area contributed by atoms with E-state index in [1.807, 2.05) is 0 Å². The molecule has 9 heteroatoms. The predicted octanol–water partition coefficient (Wildman–Crippen LogP) is 1.66. The molecule has 9 nitrogen and oxygen atoms in total. The van der Waals surface area contributed by atoms with Gasteiger partial charge in [-0.3, -0.25) is 19.7 Å². The number of ether oxygens (including phenoxy) is 1. The number of hydrogen-bond donors (Lipinski definition) is 1. The van der Waals surface area contributed by atoms with Crippen LogP contribution in [0, 0.1) is 10.1 Å². The molecule has 2 rings (SSSR count). The molecule has 1 aliphatic heterocycles. The van der Waals surface area contributed by atoms with Crippen molar-refractivity contribution >= 4 is 23.5 Å². The van der Waals surface area contributed by atoms with Gasteiger partial charge in [0, 0.05) is 30.8 Å². The maximum atomic E-state index is 12.3. The van der Waals surface area contributed by atoms with Crippen molar-refractivity contribution in [2.75, 3.05) is 13.1 Å². The summed E-state index contributed by atoms with van der Waals surface area (Å²) in [5.41, 5.74) is -0.167. The number of piperidine rings is 1. The van der Waals surface area contributed by atoms with E-state index in [-0.39, 0.29) is 17.2 Å². The van der Waals surface area contributed by atoms with Crippen molar-refractivity contribution in [1.29, 1.82) is 0 Å². The maximum Gasteiger partial charge on any atom is 0.329 e. The molecule has 2 unspecified atom stereocenters. The third-order valence-electron chi connectivity index (χ3n) is 4.33. The van der Waals surface area contributed by atoms with Gasteiger partial charge in [-0.15, -0.1) is 0 Å². The monoisotopic (exact) mass is 377 g/mol. The minimum absolute atomic E-state index is 0.0568. The second-order valence-corrected chi connectivity index (χ2v) is 6.47. The largest absolute Gasteiger partial charge is 0.451 e. The number of nitro groups is 1. The Bertz CT molecular complexity index is 730. The zero-order valence-electron chi connectivity index (χ0n) is 15.3. The fourth-order valence-corrected chi connectivity index (χ4v) is 2.80. The topological polar surface area (TPSA) is 119 Å². The van der Waals surface area contributed by atoms with E-state index in [0.717, 1.165) is 25.3 Å². The van der Waals surface area contributed by atoms with Crippen LogP contribution in [0.2, 0.25) is 0 Å². The van der Waals surface area contributed by atoms with Gasteiger partial charge in [-0.2, -0.15) is 0 Å². The van der Waals surface area contributed by atoms with E-state index < -0.39 is 28.9 Å². The van der Waals surface area contributed by atoms with E-state index in [9.17, 15) is 24.5 Å². The summed E-state index contributed by atoms with van der Waals surface area (Å²) < 4.78 is 5.17. The van der Waals surface area contributed by atoms with Crippen LogP contribution in [0.25, 0.3) is 0 Å². The summed E-state index contributed by atoms with van der Waals surface area (Å²) >= 11 is 0. The highest BCUT2D eigenvalue weighted by Gasteiger charge is 2.27. The Kier molecular flexibility index (Phi) is 6.86. The summed E-state index contributed by atoms with van der Waals surface area (Å²) in [6.45, 7) is 4.24. The van der Waals surface area contributed by atoms with Gasteiger partial charge in [-0.1, -0.05) is 6.07 Å². The number of likely N-dealkylation sites (tertiary alicyclic amines) is 1. The van der Waals surface area contributed by atoms with E-state index in [1.54, 1.807) is 4.90 Å². The first-order valence-corrected chi connectivity index (χ1v) is 8.84. The Morgan fingerprint density at radius 2 is 1.85 bits per heavy atom. The highest BCUT2D eigenvalue weighted by atomic mass is 16.6. The highest BCUT2D eigenvalue weighted by Crippen LogP contribution is 2.14. The Labute approximate surface area is 156 Å². The molecule has 0 radical (unpaired) electrons. The summed E-state index contributed by atoms with van der Waals surface area (Å²) in [4.78, 5) is 48.5. The summed E-state index contributed by atoms with van der Waals surface area (Å²) in [7, 11) is 0. The van der Waals surface area contributed by atoms with Crippen LogP contribution >= 0.6 is 0 Å². The van der Waals surface area contributed by atoms with Gasteiger partial charge in [0.1, 0.15) is 6.04 Å². The molecule has 1 aromatic carbocycles. The predicted molar refractivity (Wildman–Crippen MR) is 96.0 cm³/mol.